The van der Waals surface area contributed by atoms with E-state index in [1.807, 2.05) is 26.8 Å². The summed E-state index contributed by atoms with van der Waals surface area (Å²) < 4.78 is 0. The molecule has 0 atom stereocenters. The molecule has 0 aliphatic heterocycles. The zero-order valence-electron chi connectivity index (χ0n) is 9.99. The van der Waals surface area contributed by atoms with Gasteiger partial charge in [0.25, 0.3) is 0 Å². The number of carbonyl (C=O) groups is 1. The van der Waals surface area contributed by atoms with Crippen LogP contribution in [0.25, 0.3) is 0 Å². The Morgan fingerprint density at radius 1 is 1.29 bits per heavy atom. The van der Waals surface area contributed by atoms with Crippen molar-refractivity contribution in [2.24, 2.45) is 4.99 Å². The Kier molecular flexibility index (Phi) is 4.03. The highest BCUT2D eigenvalue weighted by molar-refractivity contribution is 6.51. The number of nitrogens with zero attached hydrogens (tertiary/aromatic N) is 2. The third-order valence-electron chi connectivity index (χ3n) is 1.87. The Hall–Kier alpha value is -1.66. The predicted octanol–water partition coefficient (Wildman–Crippen LogP) is 3.29. The van der Waals surface area contributed by atoms with Crippen LogP contribution < -0.4 is 0 Å². The monoisotopic (exact) mass is 248 g/mol. The van der Waals surface area contributed by atoms with E-state index in [9.17, 15) is 4.79 Å². The molecule has 0 heterocycles. The van der Waals surface area contributed by atoms with Gasteiger partial charge >= 0.3 is 0 Å². The fourth-order valence-electron chi connectivity index (χ4n) is 1.20. The molecule has 0 N–H and O–H groups in total. The van der Waals surface area contributed by atoms with Crippen LogP contribution in [0.5, 0.6) is 0 Å². The van der Waals surface area contributed by atoms with Crippen LogP contribution in [0.4, 0.5) is 0 Å². The van der Waals surface area contributed by atoms with Crippen molar-refractivity contribution in [3.8, 4) is 6.07 Å². The Labute approximate surface area is 106 Å². The van der Waals surface area contributed by atoms with Crippen LogP contribution in [0.2, 0.25) is 5.02 Å². The lowest BCUT2D eigenvalue weighted by molar-refractivity contribution is 0.106. The van der Waals surface area contributed by atoms with E-state index in [1.54, 1.807) is 24.3 Å². The average molecular weight is 249 g/mol. The van der Waals surface area contributed by atoms with Crippen LogP contribution in [-0.4, -0.2) is 17.0 Å². The molecule has 0 aromatic heterocycles. The maximum Gasteiger partial charge on any atom is 0.221 e. The van der Waals surface area contributed by atoms with Gasteiger partial charge in [-0.1, -0.05) is 11.6 Å². The summed E-state index contributed by atoms with van der Waals surface area (Å²) >= 11 is 5.73. The first-order valence-corrected chi connectivity index (χ1v) is 5.51. The lowest BCUT2D eigenvalue weighted by Crippen LogP contribution is -2.19. The zero-order valence-corrected chi connectivity index (χ0v) is 10.7. The molecule has 0 fully saturated rings. The summed E-state index contributed by atoms with van der Waals surface area (Å²) in [4.78, 5) is 16.1. The van der Waals surface area contributed by atoms with E-state index in [0.29, 0.717) is 10.6 Å². The number of halogens is 1. The third kappa shape index (κ3) is 4.01. The molecule has 0 spiro atoms. The largest absolute Gasteiger partial charge is 0.286 e. The Balaban J connectivity index is 3.08. The van der Waals surface area contributed by atoms with E-state index in [1.165, 1.54) is 0 Å². The molecule has 88 valence electrons. The van der Waals surface area contributed by atoms with E-state index < -0.39 is 5.54 Å². The first-order valence-electron chi connectivity index (χ1n) is 5.14. The molecule has 0 saturated carbocycles. The molecule has 1 aromatic carbocycles. The van der Waals surface area contributed by atoms with Crippen molar-refractivity contribution in [1.82, 2.24) is 0 Å². The molecular formula is C13H13ClN2O. The second-order valence-corrected chi connectivity index (χ2v) is 5.02. The minimum Gasteiger partial charge on any atom is -0.286 e. The molecule has 1 rings (SSSR count). The second kappa shape index (κ2) is 5.11. The Morgan fingerprint density at radius 3 is 2.24 bits per heavy atom. The number of hydrogen-bond acceptors (Lipinski definition) is 3. The lowest BCUT2D eigenvalue weighted by Gasteiger charge is -2.12. The highest BCUT2D eigenvalue weighted by atomic mass is 35.5. The summed E-state index contributed by atoms with van der Waals surface area (Å²) in [5.41, 5.74) is -0.119. The van der Waals surface area contributed by atoms with Crippen molar-refractivity contribution >= 4 is 23.1 Å². The molecule has 1 aromatic rings. The standard InChI is InChI=1S/C13H13ClN2O/c1-13(2,3)16-11(8-15)12(17)9-4-6-10(14)7-5-9/h4-7H,1-3H3. The first kappa shape index (κ1) is 13.4. The van der Waals surface area contributed by atoms with E-state index >= 15 is 0 Å². The lowest BCUT2D eigenvalue weighted by atomic mass is 10.1. The van der Waals surface area contributed by atoms with Crippen molar-refractivity contribution in [2.45, 2.75) is 26.3 Å². The number of nitriles is 1. The smallest absolute Gasteiger partial charge is 0.221 e. The average Bonchev–Trinajstić information content (AvgIpc) is 2.25. The van der Waals surface area contributed by atoms with Crippen LogP contribution in [0, 0.1) is 11.3 Å². The van der Waals surface area contributed by atoms with Crippen LogP contribution in [-0.2, 0) is 0 Å². The number of carbonyl (C=O) groups excluding carboxylic acids is 1. The van der Waals surface area contributed by atoms with Crippen LogP contribution in [0.15, 0.2) is 29.3 Å². The van der Waals surface area contributed by atoms with Crippen LogP contribution in [0.1, 0.15) is 31.1 Å². The number of ketones is 1. The van der Waals surface area contributed by atoms with E-state index in [0.717, 1.165) is 0 Å². The maximum atomic E-state index is 12.0. The molecule has 0 saturated heterocycles. The molecule has 0 aliphatic carbocycles. The van der Waals surface area contributed by atoms with Gasteiger partial charge in [-0.15, -0.1) is 0 Å². The summed E-state index contributed by atoms with van der Waals surface area (Å²) in [7, 11) is 0. The number of rotatable bonds is 2. The number of benzene rings is 1. The van der Waals surface area contributed by atoms with Gasteiger partial charge in [0.05, 0.1) is 5.54 Å². The maximum absolute atomic E-state index is 12.0. The van der Waals surface area contributed by atoms with Crippen molar-refractivity contribution in [3.05, 3.63) is 34.9 Å². The van der Waals surface area contributed by atoms with E-state index in [-0.39, 0.29) is 11.5 Å². The highest BCUT2D eigenvalue weighted by Crippen LogP contribution is 2.12. The molecule has 17 heavy (non-hydrogen) atoms. The van der Waals surface area contributed by atoms with Crippen molar-refractivity contribution in [1.29, 1.82) is 5.26 Å². The molecule has 0 unspecified atom stereocenters. The van der Waals surface area contributed by atoms with Gasteiger partial charge in [0, 0.05) is 10.6 Å². The first-order chi connectivity index (χ1) is 7.83. The fourth-order valence-corrected chi connectivity index (χ4v) is 1.33. The summed E-state index contributed by atoms with van der Waals surface area (Å²) in [5.74, 6) is -0.376. The summed E-state index contributed by atoms with van der Waals surface area (Å²) in [6.07, 6.45) is 0. The Bertz CT molecular complexity index is 490. The quantitative estimate of drug-likeness (QED) is 0.596. The van der Waals surface area contributed by atoms with Gasteiger partial charge in [0.15, 0.2) is 5.71 Å². The predicted molar refractivity (Wildman–Crippen MR) is 68.6 cm³/mol. The normalized spacial score (nSPS) is 12.1. The van der Waals surface area contributed by atoms with Crippen molar-refractivity contribution < 1.29 is 4.79 Å². The van der Waals surface area contributed by atoms with E-state index in [2.05, 4.69) is 4.99 Å². The second-order valence-electron chi connectivity index (χ2n) is 4.58. The van der Waals surface area contributed by atoms with Crippen molar-refractivity contribution in [2.75, 3.05) is 0 Å². The topological polar surface area (TPSA) is 53.2 Å². The number of aliphatic imine (C=N–C) groups is 1. The van der Waals surface area contributed by atoms with E-state index in [4.69, 9.17) is 16.9 Å². The Morgan fingerprint density at radius 2 is 1.82 bits per heavy atom. The van der Waals surface area contributed by atoms with Gasteiger partial charge in [-0.05, 0) is 45.0 Å². The molecule has 3 nitrogen and oxygen atoms in total. The minimum absolute atomic E-state index is 0.0835. The summed E-state index contributed by atoms with van der Waals surface area (Å²) in [6, 6.07) is 8.23. The van der Waals surface area contributed by atoms with Crippen LogP contribution in [0.3, 0.4) is 0 Å². The molecule has 4 heteroatoms. The summed E-state index contributed by atoms with van der Waals surface area (Å²) in [5, 5.41) is 9.50. The van der Waals surface area contributed by atoms with Gasteiger partial charge in [-0.25, -0.2) is 0 Å². The summed E-state index contributed by atoms with van der Waals surface area (Å²) in [6.45, 7) is 5.50. The number of Topliss-reactive ketones (excluding diaryl/α,β-unsaturated/α-hetero) is 1. The minimum atomic E-state index is -0.451. The fraction of sp³-hybridized carbons (Fsp3) is 0.308. The zero-order chi connectivity index (χ0) is 13.1. The molecule has 0 amide bonds. The third-order valence-corrected chi connectivity index (χ3v) is 2.13. The molecular weight excluding hydrogens is 236 g/mol. The molecule has 0 radical (unpaired) electrons. The van der Waals surface area contributed by atoms with Crippen LogP contribution >= 0.6 is 11.6 Å². The van der Waals surface area contributed by atoms with Crippen molar-refractivity contribution in [3.63, 3.8) is 0 Å². The van der Waals surface area contributed by atoms with Gasteiger partial charge in [0.1, 0.15) is 6.07 Å². The van der Waals surface area contributed by atoms with Gasteiger partial charge in [-0.2, -0.15) is 5.26 Å². The van der Waals surface area contributed by atoms with Gasteiger partial charge < -0.3 is 0 Å². The molecule has 0 bridgehead atoms. The highest BCUT2D eigenvalue weighted by Gasteiger charge is 2.17. The SMILES string of the molecule is CC(C)(C)N=C(C#N)C(=O)c1ccc(Cl)cc1. The van der Waals surface area contributed by atoms with Gasteiger partial charge in [-0.3, -0.25) is 9.79 Å². The van der Waals surface area contributed by atoms with Gasteiger partial charge in [0.2, 0.25) is 5.78 Å². The number of hydrogen-bond donors (Lipinski definition) is 0. The molecule has 0 aliphatic rings.